The van der Waals surface area contributed by atoms with Gasteiger partial charge in [-0.1, -0.05) is 0 Å². The van der Waals surface area contributed by atoms with Crippen LogP contribution in [0.25, 0.3) is 0 Å². The molecule has 1 aromatic heterocycles. The highest BCUT2D eigenvalue weighted by atomic mass is 16.5. The lowest BCUT2D eigenvalue weighted by Gasteiger charge is -2.22. The first-order valence-corrected chi connectivity index (χ1v) is 5.64. The van der Waals surface area contributed by atoms with E-state index < -0.39 is 0 Å². The molecule has 0 spiro atoms. The van der Waals surface area contributed by atoms with Crippen molar-refractivity contribution in [2.75, 3.05) is 19.7 Å². The van der Waals surface area contributed by atoms with Gasteiger partial charge in [-0.3, -0.25) is 4.98 Å². The van der Waals surface area contributed by atoms with Gasteiger partial charge in [0.15, 0.2) is 0 Å². The smallest absolute Gasteiger partial charge is 0.338 e. The summed E-state index contributed by atoms with van der Waals surface area (Å²) in [6, 6.07) is 3.34. The van der Waals surface area contributed by atoms with E-state index in [4.69, 9.17) is 4.74 Å². The van der Waals surface area contributed by atoms with Gasteiger partial charge < -0.3 is 10.1 Å². The number of nitrogens with one attached hydrogen (secondary N) is 1. The molecule has 0 saturated carbocycles. The lowest BCUT2D eigenvalue weighted by Crippen LogP contribution is -2.32. The average Bonchev–Trinajstić information content (AvgIpc) is 2.38. The molecule has 1 unspecified atom stereocenters. The predicted molar refractivity (Wildman–Crippen MR) is 60.1 cm³/mol. The molecule has 0 aliphatic carbocycles. The van der Waals surface area contributed by atoms with E-state index in [1.807, 2.05) is 0 Å². The Bertz CT molecular complexity index is 334. The van der Waals surface area contributed by atoms with Crippen LogP contribution in [0.2, 0.25) is 0 Å². The van der Waals surface area contributed by atoms with Crippen LogP contribution in [-0.2, 0) is 4.74 Å². The van der Waals surface area contributed by atoms with E-state index in [0.29, 0.717) is 18.1 Å². The summed E-state index contributed by atoms with van der Waals surface area (Å²) in [5.74, 6) is 0.201. The third-order valence-electron chi connectivity index (χ3n) is 2.77. The highest BCUT2D eigenvalue weighted by Crippen LogP contribution is 2.11. The number of hydrogen-bond donors (Lipinski definition) is 1. The van der Waals surface area contributed by atoms with Gasteiger partial charge in [-0.25, -0.2) is 4.79 Å². The van der Waals surface area contributed by atoms with Crippen LogP contribution in [0.5, 0.6) is 0 Å². The van der Waals surface area contributed by atoms with E-state index in [9.17, 15) is 4.79 Å². The summed E-state index contributed by atoms with van der Waals surface area (Å²) in [4.78, 5) is 15.5. The first kappa shape index (κ1) is 11.1. The third kappa shape index (κ3) is 3.03. The first-order valence-electron chi connectivity index (χ1n) is 5.64. The Morgan fingerprint density at radius 1 is 1.50 bits per heavy atom. The lowest BCUT2D eigenvalue weighted by molar-refractivity contribution is 0.0421. The van der Waals surface area contributed by atoms with Gasteiger partial charge in [0.05, 0.1) is 12.2 Å². The quantitative estimate of drug-likeness (QED) is 0.779. The van der Waals surface area contributed by atoms with E-state index >= 15 is 0 Å². The van der Waals surface area contributed by atoms with Crippen LogP contribution < -0.4 is 5.32 Å². The maximum atomic E-state index is 11.6. The Hall–Kier alpha value is -1.42. The summed E-state index contributed by atoms with van der Waals surface area (Å²) in [5.41, 5.74) is 0.568. The van der Waals surface area contributed by atoms with Gasteiger partial charge in [-0.2, -0.15) is 0 Å². The minimum absolute atomic E-state index is 0.257. The van der Waals surface area contributed by atoms with Crippen LogP contribution in [0, 0.1) is 5.92 Å². The molecule has 2 heterocycles. The Kier molecular flexibility index (Phi) is 3.88. The molecule has 2 rings (SSSR count). The zero-order chi connectivity index (χ0) is 11.2. The average molecular weight is 220 g/mol. The fourth-order valence-electron chi connectivity index (χ4n) is 1.83. The zero-order valence-electron chi connectivity index (χ0n) is 9.19. The molecule has 4 nitrogen and oxygen atoms in total. The minimum Gasteiger partial charge on any atom is -0.462 e. The Morgan fingerprint density at radius 2 is 2.31 bits per heavy atom. The normalized spacial score (nSPS) is 20.4. The number of piperidine rings is 1. The summed E-state index contributed by atoms with van der Waals surface area (Å²) in [6.45, 7) is 2.53. The Balaban J connectivity index is 1.79. The predicted octanol–water partition coefficient (Wildman–Crippen LogP) is 1.24. The molecule has 1 aliphatic heterocycles. The highest BCUT2D eigenvalue weighted by molar-refractivity contribution is 5.89. The lowest BCUT2D eigenvalue weighted by atomic mass is 10.0. The summed E-state index contributed by atoms with van der Waals surface area (Å²) >= 11 is 0. The van der Waals surface area contributed by atoms with Crippen molar-refractivity contribution in [3.05, 3.63) is 30.1 Å². The molecule has 1 saturated heterocycles. The van der Waals surface area contributed by atoms with Crippen LogP contribution in [0.1, 0.15) is 23.2 Å². The van der Waals surface area contributed by atoms with E-state index in [1.54, 1.807) is 24.5 Å². The molecular formula is C12H16N2O2. The SMILES string of the molecule is O=C(OCC1CCCNC1)c1ccncc1. The van der Waals surface area contributed by atoms with E-state index in [2.05, 4.69) is 10.3 Å². The molecule has 0 aromatic carbocycles. The van der Waals surface area contributed by atoms with E-state index in [0.717, 1.165) is 25.9 Å². The molecule has 0 radical (unpaired) electrons. The number of ether oxygens (including phenoxy) is 1. The molecule has 86 valence electrons. The van der Waals surface area contributed by atoms with Crippen LogP contribution in [-0.4, -0.2) is 30.6 Å². The maximum Gasteiger partial charge on any atom is 0.338 e. The number of rotatable bonds is 3. The number of pyridine rings is 1. The highest BCUT2D eigenvalue weighted by Gasteiger charge is 2.15. The number of nitrogens with zero attached hydrogens (tertiary/aromatic N) is 1. The number of aromatic nitrogens is 1. The first-order chi connectivity index (χ1) is 7.86. The van der Waals surface area contributed by atoms with E-state index in [-0.39, 0.29) is 5.97 Å². The van der Waals surface area contributed by atoms with Gasteiger partial charge in [-0.15, -0.1) is 0 Å². The number of carbonyl (C=O) groups is 1. The van der Waals surface area contributed by atoms with Gasteiger partial charge in [0.25, 0.3) is 0 Å². The van der Waals surface area contributed by atoms with Crippen molar-refractivity contribution >= 4 is 5.97 Å². The summed E-state index contributed by atoms with van der Waals surface area (Å²) in [7, 11) is 0. The largest absolute Gasteiger partial charge is 0.462 e. The maximum absolute atomic E-state index is 11.6. The molecule has 16 heavy (non-hydrogen) atoms. The van der Waals surface area contributed by atoms with Crippen molar-refractivity contribution in [2.24, 2.45) is 5.92 Å². The molecule has 1 N–H and O–H groups in total. The minimum atomic E-state index is -0.257. The molecule has 4 heteroatoms. The molecule has 1 fully saturated rings. The Morgan fingerprint density at radius 3 is 3.00 bits per heavy atom. The number of esters is 1. The van der Waals surface area contributed by atoms with Gasteiger partial charge in [0.2, 0.25) is 0 Å². The van der Waals surface area contributed by atoms with Gasteiger partial charge in [0.1, 0.15) is 0 Å². The van der Waals surface area contributed by atoms with E-state index in [1.165, 1.54) is 0 Å². The van der Waals surface area contributed by atoms with Crippen LogP contribution in [0.4, 0.5) is 0 Å². The fraction of sp³-hybridized carbons (Fsp3) is 0.500. The molecular weight excluding hydrogens is 204 g/mol. The molecule has 1 aliphatic rings. The summed E-state index contributed by atoms with van der Waals surface area (Å²) in [6.07, 6.45) is 5.49. The number of hydrogen-bond acceptors (Lipinski definition) is 4. The number of carbonyl (C=O) groups excluding carboxylic acids is 1. The molecule has 0 amide bonds. The van der Waals surface area contributed by atoms with Gasteiger partial charge >= 0.3 is 5.97 Å². The second kappa shape index (κ2) is 5.61. The van der Waals surface area contributed by atoms with Crippen LogP contribution in [0.15, 0.2) is 24.5 Å². The standard InChI is InChI=1S/C12H16N2O2/c15-12(11-3-6-13-7-4-11)16-9-10-2-1-5-14-8-10/h3-4,6-7,10,14H,1-2,5,8-9H2. The topological polar surface area (TPSA) is 51.2 Å². The zero-order valence-corrected chi connectivity index (χ0v) is 9.19. The fourth-order valence-corrected chi connectivity index (χ4v) is 1.83. The van der Waals surface area contributed by atoms with Crippen molar-refractivity contribution in [2.45, 2.75) is 12.8 Å². The van der Waals surface area contributed by atoms with Crippen molar-refractivity contribution in [3.63, 3.8) is 0 Å². The Labute approximate surface area is 95.0 Å². The molecule has 0 bridgehead atoms. The summed E-state index contributed by atoms with van der Waals surface area (Å²) < 4.78 is 5.26. The van der Waals surface area contributed by atoms with Crippen molar-refractivity contribution < 1.29 is 9.53 Å². The van der Waals surface area contributed by atoms with Crippen molar-refractivity contribution in [3.8, 4) is 0 Å². The van der Waals surface area contributed by atoms with Crippen molar-refractivity contribution in [1.29, 1.82) is 0 Å². The third-order valence-corrected chi connectivity index (χ3v) is 2.77. The second-order valence-corrected chi connectivity index (χ2v) is 4.05. The van der Waals surface area contributed by atoms with Crippen LogP contribution in [0.3, 0.4) is 0 Å². The monoisotopic (exact) mass is 220 g/mol. The van der Waals surface area contributed by atoms with Crippen LogP contribution >= 0.6 is 0 Å². The summed E-state index contributed by atoms with van der Waals surface area (Å²) in [5, 5.41) is 3.30. The van der Waals surface area contributed by atoms with Crippen molar-refractivity contribution in [1.82, 2.24) is 10.3 Å². The molecule has 1 aromatic rings. The van der Waals surface area contributed by atoms with Gasteiger partial charge in [-0.05, 0) is 31.5 Å². The second-order valence-electron chi connectivity index (χ2n) is 4.05. The van der Waals surface area contributed by atoms with Gasteiger partial charge in [0, 0.05) is 24.9 Å². The molecule has 1 atom stereocenters.